The van der Waals surface area contributed by atoms with E-state index in [9.17, 15) is 4.79 Å². The van der Waals surface area contributed by atoms with Crippen LogP contribution in [0.4, 0.5) is 16.4 Å². The first-order valence-electron chi connectivity index (χ1n) is 8.74. The molecule has 0 aliphatic carbocycles. The quantitative estimate of drug-likeness (QED) is 0.479. The van der Waals surface area contributed by atoms with Crippen LogP contribution in [0.25, 0.3) is 0 Å². The van der Waals surface area contributed by atoms with Crippen molar-refractivity contribution in [3.05, 3.63) is 77.9 Å². The van der Waals surface area contributed by atoms with Gasteiger partial charge in [-0.3, -0.25) is 15.6 Å². The lowest BCUT2D eigenvalue weighted by Crippen LogP contribution is -2.39. The number of nitrogens with one attached hydrogen (secondary N) is 3. The van der Waals surface area contributed by atoms with Crippen molar-refractivity contribution in [1.82, 2.24) is 20.3 Å². The Morgan fingerprint density at radius 2 is 1.75 bits per heavy atom. The molecule has 2 heterocycles. The SMILES string of the molecule is Cc1cc(C)nc(NC(=NCc2cccnc2)NC(=O)Nc2ccccc2)n1. The Morgan fingerprint density at radius 1 is 1.00 bits per heavy atom. The molecule has 8 nitrogen and oxygen atoms in total. The van der Waals surface area contributed by atoms with Crippen molar-refractivity contribution >= 4 is 23.6 Å². The predicted molar refractivity (Wildman–Crippen MR) is 109 cm³/mol. The average molecular weight is 375 g/mol. The zero-order chi connectivity index (χ0) is 19.8. The summed E-state index contributed by atoms with van der Waals surface area (Å²) in [5.41, 5.74) is 3.22. The Hall–Kier alpha value is -3.81. The van der Waals surface area contributed by atoms with E-state index in [0.29, 0.717) is 18.2 Å². The van der Waals surface area contributed by atoms with Gasteiger partial charge in [-0.05, 0) is 43.7 Å². The van der Waals surface area contributed by atoms with Crippen LogP contribution in [0.1, 0.15) is 17.0 Å². The van der Waals surface area contributed by atoms with Crippen LogP contribution in [0.3, 0.4) is 0 Å². The molecule has 2 aromatic heterocycles. The van der Waals surface area contributed by atoms with Crippen LogP contribution in [0.2, 0.25) is 0 Å². The van der Waals surface area contributed by atoms with Gasteiger partial charge in [-0.1, -0.05) is 24.3 Å². The van der Waals surface area contributed by atoms with Crippen molar-refractivity contribution < 1.29 is 4.79 Å². The number of aliphatic imine (C=N–C) groups is 1. The molecule has 0 aliphatic heterocycles. The van der Waals surface area contributed by atoms with Gasteiger partial charge < -0.3 is 5.32 Å². The minimum atomic E-state index is -0.423. The minimum absolute atomic E-state index is 0.238. The summed E-state index contributed by atoms with van der Waals surface area (Å²) in [6.45, 7) is 4.09. The van der Waals surface area contributed by atoms with E-state index >= 15 is 0 Å². The van der Waals surface area contributed by atoms with E-state index in [1.54, 1.807) is 24.5 Å². The maximum atomic E-state index is 12.4. The third-order valence-corrected chi connectivity index (χ3v) is 3.62. The number of para-hydroxylation sites is 1. The molecule has 0 aliphatic rings. The first-order chi connectivity index (χ1) is 13.6. The summed E-state index contributed by atoms with van der Waals surface area (Å²) in [5.74, 6) is 0.602. The Bertz CT molecular complexity index is 939. The second kappa shape index (κ2) is 9.22. The van der Waals surface area contributed by atoms with Gasteiger partial charge in [-0.15, -0.1) is 0 Å². The molecule has 3 rings (SSSR count). The number of hydrogen-bond donors (Lipinski definition) is 3. The van der Waals surface area contributed by atoms with Crippen molar-refractivity contribution in [2.75, 3.05) is 10.6 Å². The smallest absolute Gasteiger partial charge is 0.308 e. The number of carbonyl (C=O) groups is 1. The molecule has 3 N–H and O–H groups in total. The highest BCUT2D eigenvalue weighted by Crippen LogP contribution is 2.06. The fourth-order valence-corrected chi connectivity index (χ4v) is 2.45. The van der Waals surface area contributed by atoms with Crippen LogP contribution >= 0.6 is 0 Å². The first-order valence-corrected chi connectivity index (χ1v) is 8.74. The molecular formula is C20H21N7O. The Balaban J connectivity index is 1.76. The van der Waals surface area contributed by atoms with Gasteiger partial charge in [0, 0.05) is 29.5 Å². The standard InChI is InChI=1S/C20H21N7O/c1-14-11-15(2)24-19(23-14)26-18(22-13-16-7-6-10-21-12-16)27-20(28)25-17-8-4-3-5-9-17/h3-12H,13H2,1-2H3,(H3,22,23,24,25,26,27,28). The van der Waals surface area contributed by atoms with E-state index in [1.165, 1.54) is 0 Å². The van der Waals surface area contributed by atoms with Crippen LogP contribution in [-0.4, -0.2) is 26.9 Å². The molecule has 0 unspecified atom stereocenters. The van der Waals surface area contributed by atoms with Crippen LogP contribution in [0.15, 0.2) is 65.9 Å². The van der Waals surface area contributed by atoms with E-state index in [1.807, 2.05) is 50.2 Å². The summed E-state index contributed by atoms with van der Waals surface area (Å²) in [6, 6.07) is 14.3. The van der Waals surface area contributed by atoms with Crippen LogP contribution in [0.5, 0.6) is 0 Å². The van der Waals surface area contributed by atoms with Gasteiger partial charge in [-0.25, -0.2) is 19.8 Å². The summed E-state index contributed by atoms with van der Waals surface area (Å²) in [5, 5.41) is 8.45. The molecule has 0 saturated carbocycles. The molecule has 28 heavy (non-hydrogen) atoms. The third kappa shape index (κ3) is 5.87. The summed E-state index contributed by atoms with van der Waals surface area (Å²) in [6.07, 6.45) is 3.42. The Kier molecular flexibility index (Phi) is 6.25. The normalized spacial score (nSPS) is 11.0. The average Bonchev–Trinajstić information content (AvgIpc) is 2.67. The molecular weight excluding hydrogens is 354 g/mol. The molecule has 0 fully saturated rings. The molecule has 0 atom stereocenters. The van der Waals surface area contributed by atoms with E-state index in [0.717, 1.165) is 17.0 Å². The highest BCUT2D eigenvalue weighted by Gasteiger charge is 2.09. The Morgan fingerprint density at radius 3 is 2.43 bits per heavy atom. The van der Waals surface area contributed by atoms with Gasteiger partial charge in [0.05, 0.1) is 6.54 Å². The molecule has 0 spiro atoms. The van der Waals surface area contributed by atoms with E-state index in [4.69, 9.17) is 0 Å². The monoisotopic (exact) mass is 375 g/mol. The lowest BCUT2D eigenvalue weighted by molar-refractivity contribution is 0.256. The number of benzene rings is 1. The van der Waals surface area contributed by atoms with Gasteiger partial charge in [0.1, 0.15) is 0 Å². The number of guanidine groups is 1. The van der Waals surface area contributed by atoms with Gasteiger partial charge in [0.15, 0.2) is 0 Å². The second-order valence-electron chi connectivity index (χ2n) is 6.07. The lowest BCUT2D eigenvalue weighted by Gasteiger charge is -2.12. The summed E-state index contributed by atoms with van der Waals surface area (Å²) >= 11 is 0. The van der Waals surface area contributed by atoms with Crippen molar-refractivity contribution in [1.29, 1.82) is 0 Å². The second-order valence-corrected chi connectivity index (χ2v) is 6.07. The zero-order valence-corrected chi connectivity index (χ0v) is 15.7. The van der Waals surface area contributed by atoms with Gasteiger partial charge >= 0.3 is 6.03 Å². The molecule has 0 radical (unpaired) electrons. The molecule has 8 heteroatoms. The number of pyridine rings is 1. The number of hydrogen-bond acceptors (Lipinski definition) is 5. The predicted octanol–water partition coefficient (Wildman–Crippen LogP) is 3.28. The number of amides is 2. The molecule has 2 amide bonds. The fourth-order valence-electron chi connectivity index (χ4n) is 2.45. The van der Waals surface area contributed by atoms with E-state index in [2.05, 4.69) is 35.9 Å². The van der Waals surface area contributed by atoms with Crippen LogP contribution in [0, 0.1) is 13.8 Å². The van der Waals surface area contributed by atoms with Gasteiger partial charge in [0.25, 0.3) is 0 Å². The van der Waals surface area contributed by atoms with Crippen molar-refractivity contribution in [3.63, 3.8) is 0 Å². The number of nitrogens with zero attached hydrogens (tertiary/aromatic N) is 4. The van der Waals surface area contributed by atoms with Crippen LogP contribution in [-0.2, 0) is 6.54 Å². The number of aromatic nitrogens is 3. The summed E-state index contributed by atoms with van der Waals surface area (Å²) in [7, 11) is 0. The maximum Gasteiger partial charge on any atom is 0.326 e. The first kappa shape index (κ1) is 19.0. The third-order valence-electron chi connectivity index (χ3n) is 3.62. The molecule has 0 bridgehead atoms. The highest BCUT2D eigenvalue weighted by atomic mass is 16.2. The molecule has 142 valence electrons. The lowest BCUT2D eigenvalue weighted by atomic mass is 10.3. The Labute approximate surface area is 163 Å². The van der Waals surface area contributed by atoms with E-state index in [-0.39, 0.29) is 5.96 Å². The summed E-state index contributed by atoms with van der Waals surface area (Å²) in [4.78, 5) is 29.5. The zero-order valence-electron chi connectivity index (χ0n) is 15.7. The summed E-state index contributed by atoms with van der Waals surface area (Å²) < 4.78 is 0. The number of urea groups is 1. The van der Waals surface area contributed by atoms with Crippen molar-refractivity contribution in [3.8, 4) is 0 Å². The van der Waals surface area contributed by atoms with Gasteiger partial charge in [0.2, 0.25) is 11.9 Å². The van der Waals surface area contributed by atoms with Gasteiger partial charge in [-0.2, -0.15) is 0 Å². The minimum Gasteiger partial charge on any atom is -0.308 e. The number of rotatable bonds is 4. The van der Waals surface area contributed by atoms with E-state index < -0.39 is 6.03 Å². The van der Waals surface area contributed by atoms with Crippen molar-refractivity contribution in [2.24, 2.45) is 4.99 Å². The van der Waals surface area contributed by atoms with Crippen LogP contribution < -0.4 is 16.0 Å². The highest BCUT2D eigenvalue weighted by molar-refractivity contribution is 6.06. The topological polar surface area (TPSA) is 104 Å². The molecule has 0 saturated heterocycles. The number of aryl methyl sites for hydroxylation is 2. The fraction of sp³-hybridized carbons (Fsp3) is 0.150. The molecule has 1 aromatic carbocycles. The molecule has 3 aromatic rings. The number of carbonyl (C=O) groups excluding carboxylic acids is 1. The van der Waals surface area contributed by atoms with Crippen molar-refractivity contribution in [2.45, 2.75) is 20.4 Å². The number of anilines is 2. The largest absolute Gasteiger partial charge is 0.326 e. The maximum absolute atomic E-state index is 12.4.